The zero-order chi connectivity index (χ0) is 22.3. The van der Waals surface area contributed by atoms with E-state index in [1.165, 1.54) is 12.1 Å². The average molecular weight is 432 g/mol. The molecule has 1 aromatic heterocycles. The number of amides is 1. The third-order valence-corrected chi connectivity index (χ3v) is 4.09. The molecule has 2 N–H and O–H groups in total. The van der Waals surface area contributed by atoms with Crippen LogP contribution in [0.4, 0.5) is 13.2 Å². The van der Waals surface area contributed by atoms with Gasteiger partial charge in [-0.1, -0.05) is 6.07 Å². The summed E-state index contributed by atoms with van der Waals surface area (Å²) in [7, 11) is 0. The molecule has 1 heterocycles. The monoisotopic (exact) mass is 432 g/mol. The summed E-state index contributed by atoms with van der Waals surface area (Å²) in [5.41, 5.74) is -0.492. The van der Waals surface area contributed by atoms with Gasteiger partial charge >= 0.3 is 6.18 Å². The second kappa shape index (κ2) is 9.94. The van der Waals surface area contributed by atoms with Gasteiger partial charge in [0.2, 0.25) is 0 Å². The number of hydrogen-bond acceptors (Lipinski definition) is 5. The first-order valence-corrected chi connectivity index (χ1v) is 9.25. The normalized spacial score (nSPS) is 12.1. The molecule has 0 aliphatic carbocycles. The highest BCUT2D eigenvalue weighted by atomic mass is 19.4. The molecule has 2 aromatic carbocycles. The third kappa shape index (κ3) is 6.71. The quantitative estimate of drug-likeness (QED) is 0.561. The van der Waals surface area contributed by atoms with Crippen molar-refractivity contribution in [3.8, 4) is 17.2 Å². The number of ether oxygens (including phenoxy) is 2. The second-order valence-corrected chi connectivity index (χ2v) is 6.52. The van der Waals surface area contributed by atoms with Crippen LogP contribution >= 0.6 is 0 Å². The number of halogens is 3. The van der Waals surface area contributed by atoms with Crippen molar-refractivity contribution >= 4 is 5.91 Å². The van der Waals surface area contributed by atoms with Crippen molar-refractivity contribution in [2.75, 3.05) is 13.2 Å². The summed E-state index contributed by atoms with van der Waals surface area (Å²) in [5, 5.41) is 12.5. The Bertz CT molecular complexity index is 996. The molecule has 0 fully saturated rings. The zero-order valence-electron chi connectivity index (χ0n) is 16.2. The van der Waals surface area contributed by atoms with Gasteiger partial charge in [0, 0.05) is 18.3 Å². The lowest BCUT2D eigenvalue weighted by Crippen LogP contribution is -2.35. The number of aliphatic hydroxyl groups is 1. The standard InChI is InChI=1S/C22H19F3N2O4/c23-22(24,25)16-3-1-4-19(11-16)30-14-17(28)12-27-21(29)15-6-8-18(9-7-15)31-20-5-2-10-26-13-20/h1-11,13,17,28H,12,14H2,(H,27,29). The fourth-order valence-corrected chi connectivity index (χ4v) is 2.54. The highest BCUT2D eigenvalue weighted by molar-refractivity contribution is 5.94. The topological polar surface area (TPSA) is 80.7 Å². The highest BCUT2D eigenvalue weighted by Gasteiger charge is 2.30. The van der Waals surface area contributed by atoms with Crippen LogP contribution in [0.3, 0.4) is 0 Å². The maximum Gasteiger partial charge on any atom is 0.416 e. The Kier molecular flexibility index (Phi) is 7.09. The summed E-state index contributed by atoms with van der Waals surface area (Å²) >= 11 is 0. The number of nitrogens with zero attached hydrogens (tertiary/aromatic N) is 1. The van der Waals surface area contributed by atoms with Gasteiger partial charge in [-0.15, -0.1) is 0 Å². The Morgan fingerprint density at radius 1 is 1.03 bits per heavy atom. The maximum atomic E-state index is 12.7. The van der Waals surface area contributed by atoms with Crippen LogP contribution in [0.2, 0.25) is 0 Å². The second-order valence-electron chi connectivity index (χ2n) is 6.52. The zero-order valence-corrected chi connectivity index (χ0v) is 16.2. The molecule has 9 heteroatoms. The van der Waals surface area contributed by atoms with Crippen LogP contribution in [0.1, 0.15) is 15.9 Å². The van der Waals surface area contributed by atoms with E-state index >= 15 is 0 Å². The number of carbonyl (C=O) groups is 1. The van der Waals surface area contributed by atoms with E-state index in [0.29, 0.717) is 17.1 Å². The summed E-state index contributed by atoms with van der Waals surface area (Å²) in [4.78, 5) is 16.2. The van der Waals surface area contributed by atoms with Crippen molar-refractivity contribution in [3.63, 3.8) is 0 Å². The number of aromatic nitrogens is 1. The minimum Gasteiger partial charge on any atom is -0.491 e. The first-order valence-electron chi connectivity index (χ1n) is 9.25. The summed E-state index contributed by atoms with van der Waals surface area (Å²) in [6.07, 6.45) is -2.40. The summed E-state index contributed by atoms with van der Waals surface area (Å²) in [5.74, 6) is 0.637. The molecule has 0 saturated heterocycles. The van der Waals surface area contributed by atoms with Crippen LogP contribution in [0.15, 0.2) is 73.1 Å². The Balaban J connectivity index is 1.46. The van der Waals surface area contributed by atoms with E-state index < -0.39 is 23.8 Å². The summed E-state index contributed by atoms with van der Waals surface area (Å²) in [6.45, 7) is -0.411. The Hall–Kier alpha value is -3.59. The largest absolute Gasteiger partial charge is 0.491 e. The lowest BCUT2D eigenvalue weighted by molar-refractivity contribution is -0.137. The molecular formula is C22H19F3N2O4. The molecule has 1 atom stereocenters. The molecule has 0 spiro atoms. The predicted octanol–water partition coefficient (Wildman–Crippen LogP) is 4.06. The summed E-state index contributed by atoms with van der Waals surface area (Å²) in [6, 6.07) is 14.2. The Labute approximate surface area is 176 Å². The van der Waals surface area contributed by atoms with E-state index in [1.807, 2.05) is 0 Å². The third-order valence-electron chi connectivity index (χ3n) is 4.09. The van der Waals surface area contributed by atoms with Crippen LogP contribution in [0, 0.1) is 0 Å². The number of benzene rings is 2. The minimum atomic E-state index is -4.48. The van der Waals surface area contributed by atoms with Gasteiger partial charge in [-0.2, -0.15) is 13.2 Å². The maximum absolute atomic E-state index is 12.7. The van der Waals surface area contributed by atoms with Gasteiger partial charge in [0.05, 0.1) is 11.8 Å². The van der Waals surface area contributed by atoms with Gasteiger partial charge in [-0.3, -0.25) is 9.78 Å². The SMILES string of the molecule is O=C(NCC(O)COc1cccc(C(F)(F)F)c1)c1ccc(Oc2cccnc2)cc1. The van der Waals surface area contributed by atoms with E-state index in [4.69, 9.17) is 9.47 Å². The molecule has 1 amide bonds. The van der Waals surface area contributed by atoms with Gasteiger partial charge in [-0.25, -0.2) is 0 Å². The molecule has 0 aliphatic heterocycles. The molecular weight excluding hydrogens is 413 g/mol. The van der Waals surface area contributed by atoms with E-state index in [2.05, 4.69) is 10.3 Å². The van der Waals surface area contributed by atoms with Gasteiger partial charge < -0.3 is 19.9 Å². The van der Waals surface area contributed by atoms with Crippen molar-refractivity contribution in [2.45, 2.75) is 12.3 Å². The number of pyridine rings is 1. The van der Waals surface area contributed by atoms with Gasteiger partial charge in [0.25, 0.3) is 5.91 Å². The van der Waals surface area contributed by atoms with Gasteiger partial charge in [-0.05, 0) is 54.6 Å². The number of aliphatic hydroxyl groups excluding tert-OH is 1. The molecule has 0 radical (unpaired) electrons. The van der Waals surface area contributed by atoms with Crippen molar-refractivity contribution in [3.05, 3.63) is 84.2 Å². The van der Waals surface area contributed by atoms with Crippen LogP contribution in [-0.2, 0) is 6.18 Å². The Morgan fingerprint density at radius 3 is 2.45 bits per heavy atom. The van der Waals surface area contributed by atoms with Gasteiger partial charge in [0.1, 0.15) is 30.0 Å². The van der Waals surface area contributed by atoms with E-state index in [0.717, 1.165) is 12.1 Å². The van der Waals surface area contributed by atoms with Gasteiger partial charge in [0.15, 0.2) is 0 Å². The molecule has 3 aromatic rings. The van der Waals surface area contributed by atoms with Crippen molar-refractivity contribution in [1.29, 1.82) is 0 Å². The number of alkyl halides is 3. The predicted molar refractivity (Wildman–Crippen MR) is 106 cm³/mol. The highest BCUT2D eigenvalue weighted by Crippen LogP contribution is 2.31. The molecule has 0 aliphatic rings. The smallest absolute Gasteiger partial charge is 0.416 e. The lowest BCUT2D eigenvalue weighted by atomic mass is 10.2. The molecule has 3 rings (SSSR count). The number of hydrogen-bond donors (Lipinski definition) is 2. The average Bonchev–Trinajstić information content (AvgIpc) is 2.77. The molecule has 162 valence electrons. The number of carbonyl (C=O) groups excluding carboxylic acids is 1. The van der Waals surface area contributed by atoms with Crippen molar-refractivity contribution < 1.29 is 32.5 Å². The molecule has 31 heavy (non-hydrogen) atoms. The number of rotatable bonds is 8. The minimum absolute atomic E-state index is 0.0237. The van der Waals surface area contributed by atoms with Crippen LogP contribution in [0.25, 0.3) is 0 Å². The van der Waals surface area contributed by atoms with Crippen LogP contribution in [-0.4, -0.2) is 35.3 Å². The Morgan fingerprint density at radius 2 is 1.77 bits per heavy atom. The van der Waals surface area contributed by atoms with E-state index in [-0.39, 0.29) is 18.9 Å². The first-order chi connectivity index (χ1) is 14.8. The van der Waals surface area contributed by atoms with E-state index in [9.17, 15) is 23.1 Å². The van der Waals surface area contributed by atoms with Crippen LogP contribution in [0.5, 0.6) is 17.2 Å². The van der Waals surface area contributed by atoms with Crippen molar-refractivity contribution in [1.82, 2.24) is 10.3 Å². The lowest BCUT2D eigenvalue weighted by Gasteiger charge is -2.14. The fourth-order valence-electron chi connectivity index (χ4n) is 2.54. The van der Waals surface area contributed by atoms with Crippen LogP contribution < -0.4 is 14.8 Å². The van der Waals surface area contributed by atoms with E-state index in [1.54, 1.807) is 48.8 Å². The molecule has 6 nitrogen and oxygen atoms in total. The molecule has 1 unspecified atom stereocenters. The first kappa shape index (κ1) is 22.1. The fraction of sp³-hybridized carbons (Fsp3) is 0.182. The van der Waals surface area contributed by atoms with Crippen molar-refractivity contribution in [2.24, 2.45) is 0 Å². The molecule has 0 saturated carbocycles. The molecule has 0 bridgehead atoms. The summed E-state index contributed by atoms with van der Waals surface area (Å²) < 4.78 is 48.9. The number of nitrogens with one attached hydrogen (secondary N) is 1.